The van der Waals surface area contributed by atoms with Crippen LogP contribution in [0.2, 0.25) is 0 Å². The van der Waals surface area contributed by atoms with Gasteiger partial charge in [-0.2, -0.15) is 0 Å². The first kappa shape index (κ1) is 19.9. The lowest BCUT2D eigenvalue weighted by Gasteiger charge is -2.34. The number of carbonyl (C=O) groups excluding carboxylic acids is 3. The van der Waals surface area contributed by atoms with Crippen LogP contribution in [0.25, 0.3) is 0 Å². The summed E-state index contributed by atoms with van der Waals surface area (Å²) in [6.07, 6.45) is -0.645. The minimum absolute atomic E-state index is 0.0105. The summed E-state index contributed by atoms with van der Waals surface area (Å²) in [5.74, 6) is -0.421. The highest BCUT2D eigenvalue weighted by Gasteiger charge is 2.49. The summed E-state index contributed by atoms with van der Waals surface area (Å²) in [4.78, 5) is 37.7. The molecular formula is C19H25NO6. The highest BCUT2D eigenvalue weighted by atomic mass is 16.6. The van der Waals surface area contributed by atoms with Gasteiger partial charge in [0.1, 0.15) is 17.1 Å². The molecule has 0 N–H and O–H groups in total. The number of amides is 1. The molecule has 0 aliphatic carbocycles. The number of ether oxygens (including phenoxy) is 3. The van der Waals surface area contributed by atoms with E-state index in [-0.39, 0.29) is 18.1 Å². The Morgan fingerprint density at radius 1 is 1.15 bits per heavy atom. The highest BCUT2D eigenvalue weighted by molar-refractivity contribution is 5.94. The Morgan fingerprint density at radius 2 is 1.73 bits per heavy atom. The van der Waals surface area contributed by atoms with Crippen LogP contribution in [-0.2, 0) is 14.3 Å². The zero-order valence-corrected chi connectivity index (χ0v) is 16.0. The van der Waals surface area contributed by atoms with E-state index >= 15 is 0 Å². The number of hydrogen-bond acceptors (Lipinski definition) is 6. The molecule has 1 aliphatic rings. The second-order valence-corrected chi connectivity index (χ2v) is 7.63. The lowest BCUT2D eigenvalue weighted by atomic mass is 10.1. The SMILES string of the molecule is CC(=O)c1ccc(OC(=O)[C@H]2COC(C)(C)N2C(=O)OC(C)(C)C)cc1. The van der Waals surface area contributed by atoms with Crippen LogP contribution in [0.15, 0.2) is 24.3 Å². The topological polar surface area (TPSA) is 82.1 Å². The van der Waals surface area contributed by atoms with Crippen molar-refractivity contribution in [3.8, 4) is 5.75 Å². The number of nitrogens with zero attached hydrogens (tertiary/aromatic N) is 1. The number of hydrogen-bond donors (Lipinski definition) is 0. The fraction of sp³-hybridized carbons (Fsp3) is 0.526. The molecule has 0 saturated carbocycles. The molecule has 7 nitrogen and oxygen atoms in total. The van der Waals surface area contributed by atoms with E-state index in [0.29, 0.717) is 5.56 Å². The van der Waals surface area contributed by atoms with E-state index < -0.39 is 29.4 Å². The molecule has 1 atom stereocenters. The lowest BCUT2D eigenvalue weighted by molar-refractivity contribution is -0.140. The maximum Gasteiger partial charge on any atom is 0.413 e. The number of carbonyl (C=O) groups is 3. The van der Waals surface area contributed by atoms with Crippen molar-refractivity contribution in [3.05, 3.63) is 29.8 Å². The van der Waals surface area contributed by atoms with Crippen LogP contribution in [0.5, 0.6) is 5.75 Å². The molecule has 0 unspecified atom stereocenters. The van der Waals surface area contributed by atoms with Gasteiger partial charge < -0.3 is 14.2 Å². The monoisotopic (exact) mass is 363 g/mol. The normalized spacial score (nSPS) is 19.2. The molecule has 1 amide bonds. The van der Waals surface area contributed by atoms with Gasteiger partial charge in [-0.1, -0.05) is 0 Å². The molecule has 1 aromatic rings. The van der Waals surface area contributed by atoms with Crippen LogP contribution in [0.1, 0.15) is 51.9 Å². The molecule has 1 saturated heterocycles. The van der Waals surface area contributed by atoms with Crippen molar-refractivity contribution < 1.29 is 28.6 Å². The molecule has 142 valence electrons. The van der Waals surface area contributed by atoms with Crippen molar-refractivity contribution in [2.45, 2.75) is 58.9 Å². The van der Waals surface area contributed by atoms with Gasteiger partial charge in [-0.3, -0.25) is 9.69 Å². The number of esters is 1. The largest absolute Gasteiger partial charge is 0.444 e. The van der Waals surface area contributed by atoms with Gasteiger partial charge >= 0.3 is 12.1 Å². The van der Waals surface area contributed by atoms with E-state index in [2.05, 4.69) is 0 Å². The Bertz CT molecular complexity index is 702. The summed E-state index contributed by atoms with van der Waals surface area (Å²) >= 11 is 0. The Balaban J connectivity index is 2.15. The van der Waals surface area contributed by atoms with Crippen molar-refractivity contribution in [2.75, 3.05) is 6.61 Å². The summed E-state index contributed by atoms with van der Waals surface area (Å²) in [7, 11) is 0. The van der Waals surface area contributed by atoms with Crippen LogP contribution in [-0.4, -0.2) is 46.7 Å². The Labute approximate surface area is 153 Å². The summed E-state index contributed by atoms with van der Waals surface area (Å²) in [5, 5.41) is 0. The van der Waals surface area contributed by atoms with Gasteiger partial charge in [0.05, 0.1) is 6.61 Å². The van der Waals surface area contributed by atoms with E-state index in [4.69, 9.17) is 14.2 Å². The zero-order valence-electron chi connectivity index (χ0n) is 16.0. The molecule has 1 aromatic carbocycles. The van der Waals surface area contributed by atoms with Crippen LogP contribution in [0, 0.1) is 0 Å². The Morgan fingerprint density at radius 3 is 2.23 bits per heavy atom. The van der Waals surface area contributed by atoms with E-state index in [1.54, 1.807) is 46.8 Å². The summed E-state index contributed by atoms with van der Waals surface area (Å²) < 4.78 is 16.3. The minimum atomic E-state index is -0.996. The second-order valence-electron chi connectivity index (χ2n) is 7.63. The van der Waals surface area contributed by atoms with Gasteiger partial charge in [-0.15, -0.1) is 0 Å². The molecule has 1 heterocycles. The van der Waals surface area contributed by atoms with Gasteiger partial charge in [0, 0.05) is 5.56 Å². The third kappa shape index (κ3) is 4.60. The summed E-state index contributed by atoms with van der Waals surface area (Å²) in [6, 6.07) is 5.30. The molecule has 0 aromatic heterocycles. The van der Waals surface area contributed by atoms with Gasteiger partial charge in [0.15, 0.2) is 11.8 Å². The first-order chi connectivity index (χ1) is 11.9. The number of Topliss-reactive ketones (excluding diaryl/α,β-unsaturated/α-hetero) is 1. The van der Waals surface area contributed by atoms with Gasteiger partial charge in [-0.25, -0.2) is 9.59 Å². The molecule has 0 spiro atoms. The molecular weight excluding hydrogens is 338 g/mol. The highest BCUT2D eigenvalue weighted by Crippen LogP contribution is 2.30. The average molecular weight is 363 g/mol. The Kier molecular flexibility index (Phi) is 5.41. The predicted molar refractivity (Wildman–Crippen MR) is 94.0 cm³/mol. The fourth-order valence-electron chi connectivity index (χ4n) is 2.58. The van der Waals surface area contributed by atoms with Crippen molar-refractivity contribution in [1.82, 2.24) is 4.90 Å². The van der Waals surface area contributed by atoms with Crippen molar-refractivity contribution >= 4 is 17.8 Å². The van der Waals surface area contributed by atoms with Gasteiger partial charge in [-0.05, 0) is 65.8 Å². The van der Waals surface area contributed by atoms with E-state index in [0.717, 1.165) is 0 Å². The van der Waals surface area contributed by atoms with Crippen LogP contribution < -0.4 is 4.74 Å². The first-order valence-electron chi connectivity index (χ1n) is 8.40. The number of ketones is 1. The molecule has 1 aliphatic heterocycles. The minimum Gasteiger partial charge on any atom is -0.444 e. The van der Waals surface area contributed by atoms with Crippen molar-refractivity contribution in [1.29, 1.82) is 0 Å². The molecule has 2 rings (SSSR count). The molecule has 1 fully saturated rings. The van der Waals surface area contributed by atoms with E-state index in [1.165, 1.54) is 24.0 Å². The lowest BCUT2D eigenvalue weighted by Crippen LogP contribution is -2.53. The van der Waals surface area contributed by atoms with E-state index in [1.807, 2.05) is 0 Å². The predicted octanol–water partition coefficient (Wildman–Crippen LogP) is 3.17. The van der Waals surface area contributed by atoms with Crippen LogP contribution in [0.4, 0.5) is 4.79 Å². The van der Waals surface area contributed by atoms with E-state index in [9.17, 15) is 14.4 Å². The molecule has 26 heavy (non-hydrogen) atoms. The average Bonchev–Trinajstić information content (AvgIpc) is 2.81. The fourth-order valence-corrected chi connectivity index (χ4v) is 2.58. The maximum absolute atomic E-state index is 12.6. The zero-order chi connectivity index (χ0) is 19.7. The standard InChI is InChI=1S/C19H25NO6/c1-12(21)13-7-9-14(10-8-13)25-16(22)15-11-24-19(5,6)20(15)17(23)26-18(2,3)4/h7-10,15H,11H2,1-6H3/t15-/m1/s1. The maximum atomic E-state index is 12.6. The van der Waals surface area contributed by atoms with Crippen LogP contribution >= 0.6 is 0 Å². The van der Waals surface area contributed by atoms with Gasteiger partial charge in [0.2, 0.25) is 0 Å². The molecule has 7 heteroatoms. The van der Waals surface area contributed by atoms with Crippen molar-refractivity contribution in [3.63, 3.8) is 0 Å². The first-order valence-corrected chi connectivity index (χ1v) is 8.40. The van der Waals surface area contributed by atoms with Gasteiger partial charge in [0.25, 0.3) is 0 Å². The van der Waals surface area contributed by atoms with Crippen LogP contribution in [0.3, 0.4) is 0 Å². The number of rotatable bonds is 3. The number of benzene rings is 1. The second kappa shape index (κ2) is 7.07. The molecule has 0 bridgehead atoms. The van der Waals surface area contributed by atoms with Crippen molar-refractivity contribution in [2.24, 2.45) is 0 Å². The third-order valence-corrected chi connectivity index (χ3v) is 3.83. The Hall–Kier alpha value is -2.41. The quantitative estimate of drug-likeness (QED) is 0.466. The summed E-state index contributed by atoms with van der Waals surface area (Å²) in [5.41, 5.74) is -1.18. The third-order valence-electron chi connectivity index (χ3n) is 3.83. The summed E-state index contributed by atoms with van der Waals surface area (Å²) in [6.45, 7) is 10.1. The molecule has 0 radical (unpaired) electrons. The smallest absolute Gasteiger partial charge is 0.413 e.